The van der Waals surface area contributed by atoms with E-state index in [0.29, 0.717) is 5.95 Å². The Morgan fingerprint density at radius 2 is 1.20 bits per heavy atom. The number of aromatic nitrogens is 3. The third kappa shape index (κ3) is 3.37. The summed E-state index contributed by atoms with van der Waals surface area (Å²) >= 11 is 0. The average molecular weight is 588 g/mol. The first-order valence-corrected chi connectivity index (χ1v) is 15.9. The zero-order chi connectivity index (χ0) is 30.6. The van der Waals surface area contributed by atoms with Gasteiger partial charge in [-0.15, -0.1) is 0 Å². The maximum absolute atomic E-state index is 5.38. The molecule has 0 aliphatic heterocycles. The number of hydrogen-bond donors (Lipinski definition) is 0. The SMILES string of the molecule is CC1(C)c2ccccc2-c2c3c1cccc3cc1c2c2cc3ccccc3cc2n1-c1nc(-c2ccccc2)c2ccccc2n1. The van der Waals surface area contributed by atoms with Crippen LogP contribution >= 0.6 is 0 Å². The van der Waals surface area contributed by atoms with E-state index in [1.165, 1.54) is 54.6 Å². The molecule has 0 N–H and O–H groups in total. The van der Waals surface area contributed by atoms with Gasteiger partial charge in [-0.2, -0.15) is 0 Å². The third-order valence-electron chi connectivity index (χ3n) is 10.1. The lowest BCUT2D eigenvalue weighted by Gasteiger charge is -2.35. The minimum atomic E-state index is -0.117. The Balaban J connectivity index is 1.44. The van der Waals surface area contributed by atoms with Crippen LogP contribution in [0, 0.1) is 0 Å². The summed E-state index contributed by atoms with van der Waals surface area (Å²) in [7, 11) is 0. The predicted molar refractivity (Wildman–Crippen MR) is 192 cm³/mol. The molecule has 216 valence electrons. The average Bonchev–Trinajstić information content (AvgIpc) is 3.41. The van der Waals surface area contributed by atoms with Crippen molar-refractivity contribution in [2.75, 3.05) is 0 Å². The van der Waals surface area contributed by atoms with Gasteiger partial charge in [-0.3, -0.25) is 4.57 Å². The Labute approximate surface area is 266 Å². The van der Waals surface area contributed by atoms with E-state index in [1.54, 1.807) is 0 Å². The van der Waals surface area contributed by atoms with Gasteiger partial charge in [-0.25, -0.2) is 9.97 Å². The summed E-state index contributed by atoms with van der Waals surface area (Å²) in [6.45, 7) is 4.72. The smallest absolute Gasteiger partial charge is 0.235 e. The second-order valence-corrected chi connectivity index (χ2v) is 13.0. The van der Waals surface area contributed by atoms with Crippen LogP contribution in [0.1, 0.15) is 25.0 Å². The van der Waals surface area contributed by atoms with Crippen molar-refractivity contribution in [2.45, 2.75) is 19.3 Å². The maximum Gasteiger partial charge on any atom is 0.235 e. The minimum absolute atomic E-state index is 0.117. The minimum Gasteiger partial charge on any atom is -0.278 e. The first kappa shape index (κ1) is 25.5. The Hall–Kier alpha value is -5.80. The highest BCUT2D eigenvalue weighted by Gasteiger charge is 2.35. The first-order chi connectivity index (χ1) is 22.6. The monoisotopic (exact) mass is 587 g/mol. The highest BCUT2D eigenvalue weighted by Crippen LogP contribution is 2.53. The van der Waals surface area contributed by atoms with E-state index in [9.17, 15) is 0 Å². The molecule has 46 heavy (non-hydrogen) atoms. The summed E-state index contributed by atoms with van der Waals surface area (Å²) in [4.78, 5) is 10.7. The molecule has 9 aromatic rings. The van der Waals surface area contributed by atoms with Gasteiger partial charge in [-0.05, 0) is 62.5 Å². The van der Waals surface area contributed by atoms with E-state index in [-0.39, 0.29) is 5.41 Å². The Kier molecular flexibility index (Phi) is 5.06. The van der Waals surface area contributed by atoms with Gasteiger partial charge in [0.05, 0.1) is 22.2 Å². The van der Waals surface area contributed by atoms with Crippen LogP contribution in [0.4, 0.5) is 0 Å². The lowest BCUT2D eigenvalue weighted by atomic mass is 9.68. The van der Waals surface area contributed by atoms with E-state index in [0.717, 1.165) is 33.2 Å². The zero-order valence-corrected chi connectivity index (χ0v) is 25.6. The second kappa shape index (κ2) is 9.12. The molecule has 3 heteroatoms. The van der Waals surface area contributed by atoms with Gasteiger partial charge < -0.3 is 0 Å². The van der Waals surface area contributed by atoms with Crippen molar-refractivity contribution in [3.63, 3.8) is 0 Å². The molecule has 1 aliphatic carbocycles. The summed E-state index contributed by atoms with van der Waals surface area (Å²) < 4.78 is 2.31. The largest absolute Gasteiger partial charge is 0.278 e. The van der Waals surface area contributed by atoms with E-state index in [1.807, 2.05) is 0 Å². The number of para-hydroxylation sites is 1. The van der Waals surface area contributed by atoms with Crippen molar-refractivity contribution in [3.8, 4) is 28.3 Å². The summed E-state index contributed by atoms with van der Waals surface area (Å²) in [6.07, 6.45) is 0. The molecule has 0 spiro atoms. The molecule has 0 bridgehead atoms. The quantitative estimate of drug-likeness (QED) is 0.201. The molecule has 0 saturated carbocycles. The van der Waals surface area contributed by atoms with Crippen LogP contribution < -0.4 is 0 Å². The van der Waals surface area contributed by atoms with E-state index in [4.69, 9.17) is 9.97 Å². The molecule has 0 amide bonds. The van der Waals surface area contributed by atoms with Gasteiger partial charge >= 0.3 is 0 Å². The molecule has 7 aromatic carbocycles. The van der Waals surface area contributed by atoms with Crippen LogP contribution in [-0.2, 0) is 5.41 Å². The number of benzene rings is 7. The van der Waals surface area contributed by atoms with E-state index >= 15 is 0 Å². The van der Waals surface area contributed by atoms with Gasteiger partial charge in [0.15, 0.2) is 0 Å². The first-order valence-electron chi connectivity index (χ1n) is 15.9. The Morgan fingerprint density at radius 1 is 0.522 bits per heavy atom. The van der Waals surface area contributed by atoms with Crippen molar-refractivity contribution in [1.29, 1.82) is 0 Å². The normalized spacial score (nSPS) is 13.6. The standard InChI is InChI=1S/C43H29N3/c1-43(2)33-20-10-8-18-30(33)40-38-29(17-12-21-34(38)43)25-37-39(40)32-23-27-15-6-7-16-28(27)24-36(32)46(37)42-44-35-22-11-9-19-31(35)41(45-42)26-13-4-3-5-14-26/h3-25H,1-2H3. The molecule has 0 unspecified atom stereocenters. The predicted octanol–water partition coefficient (Wildman–Crippen LogP) is 11.0. The van der Waals surface area contributed by atoms with Gasteiger partial charge in [0.2, 0.25) is 5.95 Å². The highest BCUT2D eigenvalue weighted by molar-refractivity contribution is 6.26. The summed E-state index contributed by atoms with van der Waals surface area (Å²) in [5.41, 5.74) is 10.4. The zero-order valence-electron chi connectivity index (χ0n) is 25.6. The van der Waals surface area contributed by atoms with Crippen molar-refractivity contribution in [1.82, 2.24) is 14.5 Å². The van der Waals surface area contributed by atoms with Gasteiger partial charge in [0.25, 0.3) is 0 Å². The Morgan fingerprint density at radius 3 is 2.07 bits per heavy atom. The van der Waals surface area contributed by atoms with E-state index in [2.05, 4.69) is 158 Å². The van der Waals surface area contributed by atoms with Gasteiger partial charge in [0.1, 0.15) is 0 Å². The van der Waals surface area contributed by atoms with Crippen LogP contribution in [0.3, 0.4) is 0 Å². The lowest BCUT2D eigenvalue weighted by Crippen LogP contribution is -2.23. The highest BCUT2D eigenvalue weighted by atomic mass is 15.2. The molecule has 2 heterocycles. The molecule has 2 aromatic heterocycles. The molecule has 10 rings (SSSR count). The van der Waals surface area contributed by atoms with E-state index < -0.39 is 0 Å². The Bertz CT molecular complexity index is 2720. The van der Waals surface area contributed by atoms with Crippen molar-refractivity contribution >= 4 is 54.3 Å². The molecule has 0 atom stereocenters. The van der Waals surface area contributed by atoms with Crippen LogP contribution in [0.25, 0.3) is 82.6 Å². The van der Waals surface area contributed by atoms with Crippen LogP contribution in [0.5, 0.6) is 0 Å². The van der Waals surface area contributed by atoms with Crippen molar-refractivity contribution < 1.29 is 0 Å². The maximum atomic E-state index is 5.38. The topological polar surface area (TPSA) is 30.7 Å². The summed E-state index contributed by atoms with van der Waals surface area (Å²) in [6, 6.07) is 50.3. The molecule has 0 radical (unpaired) electrons. The second-order valence-electron chi connectivity index (χ2n) is 13.0. The van der Waals surface area contributed by atoms with Gasteiger partial charge in [0, 0.05) is 32.7 Å². The molecule has 0 saturated heterocycles. The summed E-state index contributed by atoms with van der Waals surface area (Å²) in [5, 5.41) is 8.52. The fourth-order valence-electron chi connectivity index (χ4n) is 8.01. The van der Waals surface area contributed by atoms with Crippen molar-refractivity contribution in [2.24, 2.45) is 0 Å². The number of hydrogen-bond acceptors (Lipinski definition) is 2. The molecular weight excluding hydrogens is 558 g/mol. The number of nitrogens with zero attached hydrogens (tertiary/aromatic N) is 3. The molecule has 3 nitrogen and oxygen atoms in total. The number of fused-ring (bicyclic) bond motifs is 8. The van der Waals surface area contributed by atoms with Crippen LogP contribution in [-0.4, -0.2) is 14.5 Å². The van der Waals surface area contributed by atoms with Gasteiger partial charge in [-0.1, -0.05) is 129 Å². The summed E-state index contributed by atoms with van der Waals surface area (Å²) in [5.74, 6) is 0.681. The fraction of sp³-hybridized carbons (Fsp3) is 0.0698. The number of rotatable bonds is 2. The van der Waals surface area contributed by atoms with Crippen molar-refractivity contribution in [3.05, 3.63) is 151 Å². The lowest BCUT2D eigenvalue weighted by molar-refractivity contribution is 0.645. The third-order valence-corrected chi connectivity index (χ3v) is 10.1. The molecular formula is C43H29N3. The molecule has 1 aliphatic rings. The molecule has 0 fully saturated rings. The van der Waals surface area contributed by atoms with Crippen LogP contribution in [0.15, 0.2) is 140 Å². The fourth-order valence-corrected chi connectivity index (χ4v) is 8.01. The van der Waals surface area contributed by atoms with Crippen LogP contribution in [0.2, 0.25) is 0 Å².